The number of aromatic nitrogens is 2. The Morgan fingerprint density at radius 2 is 1.81 bits per heavy atom. The Morgan fingerprint density at radius 3 is 2.38 bits per heavy atom. The molecule has 0 radical (unpaired) electrons. The maximum Gasteiger partial charge on any atom is 0.0929 e. The molecule has 0 unspecified atom stereocenters. The summed E-state index contributed by atoms with van der Waals surface area (Å²) in [5, 5.41) is 8.17. The zero-order valence-corrected chi connectivity index (χ0v) is 9.14. The van der Waals surface area contributed by atoms with E-state index >= 15 is 0 Å². The molecule has 2 aromatic rings. The van der Waals surface area contributed by atoms with Gasteiger partial charge in [-0.05, 0) is 30.7 Å². The molecule has 0 aliphatic rings. The normalized spacial score (nSPS) is 9.56. The highest BCUT2D eigenvalue weighted by Gasteiger charge is 1.98. The van der Waals surface area contributed by atoms with Crippen molar-refractivity contribution in [3.8, 4) is 11.3 Å². The topological polar surface area (TPSA) is 25.8 Å². The van der Waals surface area contributed by atoms with Crippen LogP contribution in [0.3, 0.4) is 0 Å². The van der Waals surface area contributed by atoms with E-state index in [9.17, 15) is 0 Å². The number of aryl methyl sites for hydroxylation is 1. The molecule has 2 nitrogen and oxygen atoms in total. The predicted molar refractivity (Wildman–Crippen MR) is 65.8 cm³/mol. The van der Waals surface area contributed by atoms with Crippen LogP contribution in [0.2, 0.25) is 0 Å². The fourth-order valence-electron chi connectivity index (χ4n) is 1.42. The van der Waals surface area contributed by atoms with Gasteiger partial charge in [0.05, 0.1) is 11.4 Å². The van der Waals surface area contributed by atoms with E-state index in [0.29, 0.717) is 0 Å². The molecule has 0 amide bonds. The average molecular weight is 208 g/mol. The summed E-state index contributed by atoms with van der Waals surface area (Å²) in [6.45, 7) is 5.47. The minimum Gasteiger partial charge on any atom is -0.155 e. The summed E-state index contributed by atoms with van der Waals surface area (Å²) < 4.78 is 0. The summed E-state index contributed by atoms with van der Waals surface area (Å²) in [7, 11) is 0. The van der Waals surface area contributed by atoms with Crippen LogP contribution in [0.1, 0.15) is 11.3 Å². The summed E-state index contributed by atoms with van der Waals surface area (Å²) in [5.74, 6) is 0. The van der Waals surface area contributed by atoms with Gasteiger partial charge in [0, 0.05) is 5.56 Å². The summed E-state index contributed by atoms with van der Waals surface area (Å²) >= 11 is 0. The lowest BCUT2D eigenvalue weighted by molar-refractivity contribution is 0.987. The highest BCUT2D eigenvalue weighted by molar-refractivity contribution is 5.61. The van der Waals surface area contributed by atoms with Crippen LogP contribution in [-0.4, -0.2) is 10.2 Å². The number of benzene rings is 1. The summed E-state index contributed by atoms with van der Waals surface area (Å²) in [4.78, 5) is 0. The molecule has 2 heteroatoms. The zero-order valence-electron chi connectivity index (χ0n) is 9.14. The van der Waals surface area contributed by atoms with Crippen LogP contribution in [0.25, 0.3) is 17.3 Å². The SMILES string of the molecule is C=C=Cc1ccc(-c2ccc(C)nn2)cc1. The van der Waals surface area contributed by atoms with Crippen molar-refractivity contribution in [2.24, 2.45) is 0 Å². The van der Waals surface area contributed by atoms with Crippen molar-refractivity contribution in [2.75, 3.05) is 0 Å². The maximum absolute atomic E-state index is 4.14. The summed E-state index contributed by atoms with van der Waals surface area (Å²) in [6, 6.07) is 12.0. The van der Waals surface area contributed by atoms with Crippen LogP contribution in [0.15, 0.2) is 48.7 Å². The highest BCUT2D eigenvalue weighted by atomic mass is 15.1. The van der Waals surface area contributed by atoms with Crippen LogP contribution < -0.4 is 0 Å². The molecular formula is C14H12N2. The lowest BCUT2D eigenvalue weighted by Crippen LogP contribution is -1.89. The quantitative estimate of drug-likeness (QED) is 0.708. The average Bonchev–Trinajstić information content (AvgIpc) is 2.32. The third kappa shape index (κ3) is 2.25. The van der Waals surface area contributed by atoms with Gasteiger partial charge in [0.15, 0.2) is 0 Å². The fraction of sp³-hybridized carbons (Fsp3) is 0.0714. The Hall–Kier alpha value is -2.18. The van der Waals surface area contributed by atoms with Crippen molar-refractivity contribution < 1.29 is 0 Å². The van der Waals surface area contributed by atoms with E-state index in [0.717, 1.165) is 22.5 Å². The lowest BCUT2D eigenvalue weighted by atomic mass is 10.1. The van der Waals surface area contributed by atoms with E-state index in [1.54, 1.807) is 0 Å². The van der Waals surface area contributed by atoms with Crippen molar-refractivity contribution in [2.45, 2.75) is 6.92 Å². The van der Waals surface area contributed by atoms with Gasteiger partial charge in [0.2, 0.25) is 0 Å². The molecule has 0 saturated carbocycles. The summed E-state index contributed by atoms with van der Waals surface area (Å²) in [5.41, 5.74) is 6.71. The van der Waals surface area contributed by atoms with Crippen LogP contribution in [0, 0.1) is 6.92 Å². The van der Waals surface area contributed by atoms with Crippen LogP contribution >= 0.6 is 0 Å². The van der Waals surface area contributed by atoms with Gasteiger partial charge in [-0.3, -0.25) is 0 Å². The van der Waals surface area contributed by atoms with E-state index in [-0.39, 0.29) is 0 Å². The largest absolute Gasteiger partial charge is 0.155 e. The third-order valence-electron chi connectivity index (χ3n) is 2.27. The Morgan fingerprint density at radius 1 is 1.06 bits per heavy atom. The Labute approximate surface area is 95.0 Å². The third-order valence-corrected chi connectivity index (χ3v) is 2.27. The molecule has 16 heavy (non-hydrogen) atoms. The molecule has 0 bridgehead atoms. The van der Waals surface area contributed by atoms with E-state index in [1.165, 1.54) is 0 Å². The van der Waals surface area contributed by atoms with Crippen molar-refractivity contribution in [3.63, 3.8) is 0 Å². The smallest absolute Gasteiger partial charge is 0.0929 e. The number of rotatable bonds is 2. The van der Waals surface area contributed by atoms with Crippen molar-refractivity contribution in [1.29, 1.82) is 0 Å². The number of hydrogen-bond donors (Lipinski definition) is 0. The van der Waals surface area contributed by atoms with Gasteiger partial charge in [-0.15, -0.1) is 5.73 Å². The van der Waals surface area contributed by atoms with Crippen LogP contribution in [-0.2, 0) is 0 Å². The van der Waals surface area contributed by atoms with E-state index in [2.05, 4.69) is 22.5 Å². The molecule has 0 fully saturated rings. The molecule has 0 aliphatic heterocycles. The fourth-order valence-corrected chi connectivity index (χ4v) is 1.42. The minimum atomic E-state index is 0.889. The number of nitrogens with zero attached hydrogens (tertiary/aromatic N) is 2. The first-order valence-corrected chi connectivity index (χ1v) is 5.06. The molecule has 0 aliphatic carbocycles. The van der Waals surface area contributed by atoms with Gasteiger partial charge in [0.25, 0.3) is 0 Å². The standard InChI is InChI=1S/C14H12N2/c1-3-4-12-6-8-13(9-7-12)14-10-5-11(2)15-16-14/h4-10H,1H2,2H3. The van der Waals surface area contributed by atoms with Crippen molar-refractivity contribution in [1.82, 2.24) is 10.2 Å². The molecule has 0 N–H and O–H groups in total. The van der Waals surface area contributed by atoms with Gasteiger partial charge in [-0.2, -0.15) is 10.2 Å². The minimum absolute atomic E-state index is 0.889. The molecule has 78 valence electrons. The molecule has 2 rings (SSSR count). The van der Waals surface area contributed by atoms with Crippen molar-refractivity contribution >= 4 is 6.08 Å². The highest BCUT2D eigenvalue weighted by Crippen LogP contribution is 2.17. The zero-order chi connectivity index (χ0) is 11.4. The molecule has 1 aromatic heterocycles. The van der Waals surface area contributed by atoms with Gasteiger partial charge in [0.1, 0.15) is 0 Å². The molecule has 0 saturated heterocycles. The van der Waals surface area contributed by atoms with Crippen LogP contribution in [0.5, 0.6) is 0 Å². The second-order valence-electron chi connectivity index (χ2n) is 3.53. The van der Waals surface area contributed by atoms with Crippen molar-refractivity contribution in [3.05, 3.63) is 60.0 Å². The van der Waals surface area contributed by atoms with E-state index < -0.39 is 0 Å². The Bertz CT molecular complexity index is 518. The molecule has 1 heterocycles. The monoisotopic (exact) mass is 208 g/mol. The maximum atomic E-state index is 4.14. The van der Waals surface area contributed by atoms with Gasteiger partial charge in [-0.25, -0.2) is 0 Å². The van der Waals surface area contributed by atoms with E-state index in [1.807, 2.05) is 49.4 Å². The molecule has 0 spiro atoms. The molecule has 1 aromatic carbocycles. The van der Waals surface area contributed by atoms with Gasteiger partial charge in [-0.1, -0.05) is 30.8 Å². The molecular weight excluding hydrogens is 196 g/mol. The first kappa shape index (κ1) is 10.3. The Balaban J connectivity index is 2.34. The van der Waals surface area contributed by atoms with Gasteiger partial charge >= 0.3 is 0 Å². The van der Waals surface area contributed by atoms with Crippen LogP contribution in [0.4, 0.5) is 0 Å². The lowest BCUT2D eigenvalue weighted by Gasteiger charge is -2.00. The Kier molecular flexibility index (Phi) is 2.95. The van der Waals surface area contributed by atoms with E-state index in [4.69, 9.17) is 0 Å². The second-order valence-corrected chi connectivity index (χ2v) is 3.53. The number of hydrogen-bond acceptors (Lipinski definition) is 2. The first-order chi connectivity index (χ1) is 7.79. The first-order valence-electron chi connectivity index (χ1n) is 5.06. The van der Waals surface area contributed by atoms with Gasteiger partial charge < -0.3 is 0 Å². The second kappa shape index (κ2) is 4.56. The molecule has 0 atom stereocenters. The summed E-state index contributed by atoms with van der Waals surface area (Å²) in [6.07, 6.45) is 1.84. The predicted octanol–water partition coefficient (Wildman–Crippen LogP) is 3.25.